The fourth-order valence-electron chi connectivity index (χ4n) is 3.78. The van der Waals surface area contributed by atoms with Crippen LogP contribution in [-0.4, -0.2) is 53.0 Å². The summed E-state index contributed by atoms with van der Waals surface area (Å²) in [6.45, 7) is 2.43. The molecule has 0 spiro atoms. The summed E-state index contributed by atoms with van der Waals surface area (Å²) >= 11 is 0. The fourth-order valence-corrected chi connectivity index (χ4v) is 3.78. The van der Waals surface area contributed by atoms with Crippen molar-refractivity contribution in [3.05, 3.63) is 48.3 Å². The third-order valence-electron chi connectivity index (χ3n) is 5.78. The summed E-state index contributed by atoms with van der Waals surface area (Å²) in [6.07, 6.45) is 9.48. The molecule has 1 aromatic carbocycles. The van der Waals surface area contributed by atoms with E-state index in [1.54, 1.807) is 49.1 Å². The van der Waals surface area contributed by atoms with E-state index in [2.05, 4.69) is 15.0 Å². The molecular formula is C24H31N5O4. The Morgan fingerprint density at radius 1 is 1.09 bits per heavy atom. The van der Waals surface area contributed by atoms with E-state index in [9.17, 15) is 9.59 Å². The van der Waals surface area contributed by atoms with Gasteiger partial charge in [-0.1, -0.05) is 12.1 Å². The summed E-state index contributed by atoms with van der Waals surface area (Å²) in [4.78, 5) is 36.8. The smallest absolute Gasteiger partial charge is 0.314 e. The molecule has 1 aromatic heterocycles. The maximum Gasteiger partial charge on any atom is 0.314 e. The molecule has 0 radical (unpaired) electrons. The molecule has 1 saturated carbocycles. The minimum absolute atomic E-state index is 0.0329. The van der Waals surface area contributed by atoms with Crippen molar-refractivity contribution in [2.75, 3.05) is 24.5 Å². The van der Waals surface area contributed by atoms with Crippen LogP contribution in [0.5, 0.6) is 5.75 Å². The van der Waals surface area contributed by atoms with E-state index in [1.165, 1.54) is 0 Å². The number of anilines is 1. The number of aliphatic carboxylic acids is 1. The zero-order chi connectivity index (χ0) is 23.5. The Bertz CT molecular complexity index is 912. The van der Waals surface area contributed by atoms with Gasteiger partial charge in [-0.3, -0.25) is 19.5 Å². The van der Waals surface area contributed by atoms with Crippen LogP contribution in [0.25, 0.3) is 0 Å². The van der Waals surface area contributed by atoms with E-state index in [4.69, 9.17) is 15.6 Å². The third-order valence-corrected chi connectivity index (χ3v) is 5.78. The summed E-state index contributed by atoms with van der Waals surface area (Å²) in [7, 11) is 0. The van der Waals surface area contributed by atoms with Gasteiger partial charge in [0.25, 0.3) is 0 Å². The summed E-state index contributed by atoms with van der Waals surface area (Å²) in [5, 5.41) is 8.65. The van der Waals surface area contributed by atoms with Gasteiger partial charge in [0.05, 0.1) is 18.8 Å². The zero-order valence-corrected chi connectivity index (χ0v) is 18.7. The molecule has 0 bridgehead atoms. The van der Waals surface area contributed by atoms with Crippen LogP contribution in [0.3, 0.4) is 0 Å². The summed E-state index contributed by atoms with van der Waals surface area (Å²) in [5.74, 6) is 0.767. The third kappa shape index (κ3) is 7.94. The molecule has 2 aliphatic rings. The van der Waals surface area contributed by atoms with Crippen LogP contribution in [0.15, 0.2) is 47.7 Å². The number of rotatable bonds is 7. The quantitative estimate of drug-likeness (QED) is 0.483. The lowest BCUT2D eigenvalue weighted by atomic mass is 9.82. The maximum atomic E-state index is 12.1. The van der Waals surface area contributed by atoms with Gasteiger partial charge in [-0.2, -0.15) is 0 Å². The van der Waals surface area contributed by atoms with Crippen molar-refractivity contribution in [2.24, 2.45) is 22.6 Å². The van der Waals surface area contributed by atoms with Crippen LogP contribution < -0.4 is 15.4 Å². The minimum atomic E-state index is -0.816. The second-order valence-corrected chi connectivity index (χ2v) is 8.18. The molecule has 33 heavy (non-hydrogen) atoms. The van der Waals surface area contributed by atoms with Gasteiger partial charge < -0.3 is 15.6 Å². The number of hydrogen-bond donors (Lipinski definition) is 2. The number of aryl methyl sites for hydroxylation is 1. The predicted molar refractivity (Wildman–Crippen MR) is 125 cm³/mol. The Kier molecular flexibility index (Phi) is 9.31. The summed E-state index contributed by atoms with van der Waals surface area (Å²) in [5.41, 5.74) is 6.57. The highest BCUT2D eigenvalue weighted by Gasteiger charge is 2.27. The number of carboxylic acids is 1. The lowest BCUT2D eigenvalue weighted by Gasteiger charge is -2.26. The van der Waals surface area contributed by atoms with Gasteiger partial charge in [-0.15, -0.1) is 0 Å². The molecule has 2 heterocycles. The molecule has 0 unspecified atom stereocenters. The van der Waals surface area contributed by atoms with Crippen LogP contribution >= 0.6 is 0 Å². The van der Waals surface area contributed by atoms with Crippen LogP contribution in [0.1, 0.15) is 37.7 Å². The molecule has 1 fully saturated rings. The molecule has 4 rings (SSSR count). The maximum absolute atomic E-state index is 12.1. The predicted octanol–water partition coefficient (Wildman–Crippen LogP) is 2.70. The van der Waals surface area contributed by atoms with Gasteiger partial charge in [0.15, 0.2) is 0 Å². The number of ether oxygens (including phenoxy) is 1. The second kappa shape index (κ2) is 12.6. The van der Waals surface area contributed by atoms with E-state index >= 15 is 0 Å². The Balaban J connectivity index is 0.000000231. The first-order valence-corrected chi connectivity index (χ1v) is 11.3. The van der Waals surface area contributed by atoms with Gasteiger partial charge in [0.1, 0.15) is 5.75 Å². The summed E-state index contributed by atoms with van der Waals surface area (Å²) < 4.78 is 5.42. The Morgan fingerprint density at radius 3 is 2.36 bits per heavy atom. The van der Waals surface area contributed by atoms with Crippen molar-refractivity contribution < 1.29 is 19.4 Å². The molecule has 9 nitrogen and oxygen atoms in total. The number of carbonyl (C=O) groups is 2. The lowest BCUT2D eigenvalue weighted by molar-refractivity contribution is -0.140. The van der Waals surface area contributed by atoms with Crippen LogP contribution in [0.2, 0.25) is 0 Å². The number of aromatic nitrogens is 2. The number of esters is 1. The van der Waals surface area contributed by atoms with Crippen LogP contribution in [0.4, 0.5) is 5.95 Å². The number of carboxylic acid groups (broad SMARTS) is 1. The number of aliphatic imine (C=N–C) groups is 1. The van der Waals surface area contributed by atoms with Crippen molar-refractivity contribution in [1.29, 1.82) is 0 Å². The van der Waals surface area contributed by atoms with Gasteiger partial charge in [-0.05, 0) is 68.3 Å². The monoisotopic (exact) mass is 453 g/mol. The molecular weight excluding hydrogens is 422 g/mol. The Hall–Kier alpha value is -3.33. The molecule has 1 aliphatic carbocycles. The second-order valence-electron chi connectivity index (χ2n) is 8.18. The van der Waals surface area contributed by atoms with E-state index in [0.717, 1.165) is 50.3 Å². The zero-order valence-electron chi connectivity index (χ0n) is 18.7. The van der Waals surface area contributed by atoms with Crippen LogP contribution in [0, 0.1) is 11.8 Å². The van der Waals surface area contributed by atoms with E-state index in [-0.39, 0.29) is 18.3 Å². The number of carbonyl (C=O) groups excluding carboxylic acids is 1. The Labute approximate surface area is 193 Å². The van der Waals surface area contributed by atoms with Gasteiger partial charge in [-0.25, -0.2) is 9.97 Å². The lowest BCUT2D eigenvalue weighted by Crippen LogP contribution is -2.28. The largest absolute Gasteiger partial charge is 0.481 e. The number of nitrogens with two attached hydrogens (primary N) is 1. The number of nitrogens with zero attached hydrogens (tertiary/aromatic N) is 4. The van der Waals surface area contributed by atoms with E-state index in [1.807, 2.05) is 4.90 Å². The molecule has 0 atom stereocenters. The van der Waals surface area contributed by atoms with Crippen molar-refractivity contribution in [3.63, 3.8) is 0 Å². The molecule has 2 aromatic rings. The first-order valence-electron chi connectivity index (χ1n) is 11.3. The highest BCUT2D eigenvalue weighted by Crippen LogP contribution is 2.29. The highest BCUT2D eigenvalue weighted by atomic mass is 16.5. The molecule has 0 saturated heterocycles. The molecule has 3 N–H and O–H groups in total. The van der Waals surface area contributed by atoms with Gasteiger partial charge in [0.2, 0.25) is 5.95 Å². The van der Waals surface area contributed by atoms with E-state index in [0.29, 0.717) is 24.6 Å². The molecule has 0 amide bonds. The highest BCUT2D eigenvalue weighted by molar-refractivity contribution is 5.77. The van der Waals surface area contributed by atoms with Gasteiger partial charge in [0, 0.05) is 25.4 Å². The molecule has 176 valence electrons. The van der Waals surface area contributed by atoms with E-state index < -0.39 is 5.97 Å². The number of benzene rings is 1. The van der Waals surface area contributed by atoms with Crippen LogP contribution in [-0.2, 0) is 16.0 Å². The Morgan fingerprint density at radius 2 is 1.79 bits per heavy atom. The van der Waals surface area contributed by atoms with Gasteiger partial charge >= 0.3 is 11.9 Å². The fraction of sp³-hybridized carbons (Fsp3) is 0.458. The van der Waals surface area contributed by atoms with Crippen molar-refractivity contribution in [1.82, 2.24) is 9.97 Å². The standard InChI is InChI=1S/C17H23NO4.C7H8N4/c18-11-13-1-6-14(7-2-13)17(21)22-15-8-3-12(4-9-15)5-10-16(19)20;1-2-9-7(10-3-1)11-5-4-8-6-11/h3-4,8-9,13-14H,1-2,5-7,10-11,18H2,(H,19,20);1-3,6H,4-5H2/t13-,14-;. The SMILES string of the molecule is C1=NCCN1c1ncccn1.NC[C@H]1CC[C@H](C(=O)Oc2ccc(CCC(=O)O)cc2)CC1. The average Bonchev–Trinajstić information content (AvgIpc) is 3.40. The molecule has 9 heteroatoms. The number of hydrogen-bond acceptors (Lipinski definition) is 8. The first-order chi connectivity index (χ1) is 16.0. The average molecular weight is 454 g/mol. The van der Waals surface area contributed by atoms with Crippen molar-refractivity contribution >= 4 is 24.2 Å². The normalized spacial score (nSPS) is 19.5. The molecule has 1 aliphatic heterocycles. The van der Waals surface area contributed by atoms with Crippen molar-refractivity contribution in [2.45, 2.75) is 38.5 Å². The first kappa shape index (κ1) is 24.3. The summed E-state index contributed by atoms with van der Waals surface area (Å²) in [6, 6.07) is 8.85. The topological polar surface area (TPSA) is 131 Å². The van der Waals surface area contributed by atoms with Crippen molar-refractivity contribution in [3.8, 4) is 5.75 Å². The minimum Gasteiger partial charge on any atom is -0.481 e.